The standard InChI is InChI=1S/C21H32N4O/c1-15-12-16(2)21-19(13-15)18(17(3)23-21)14-20(26)22-6-5-7-25-10-8-24(4)9-11-25/h12-13,23H,5-11,14H2,1-4H3,(H,22,26). The summed E-state index contributed by atoms with van der Waals surface area (Å²) >= 11 is 0. The summed E-state index contributed by atoms with van der Waals surface area (Å²) in [6.45, 7) is 12.7. The first-order chi connectivity index (χ1) is 12.4. The molecule has 0 saturated carbocycles. The fourth-order valence-corrected chi connectivity index (χ4v) is 3.89. The SMILES string of the molecule is Cc1cc(C)c2[nH]c(C)c(CC(=O)NCCCN3CCN(C)CC3)c2c1. The molecule has 5 heteroatoms. The van der Waals surface area contributed by atoms with E-state index in [-0.39, 0.29) is 5.91 Å². The van der Waals surface area contributed by atoms with Gasteiger partial charge in [-0.2, -0.15) is 0 Å². The Morgan fingerprint density at radius 3 is 2.62 bits per heavy atom. The molecule has 2 heterocycles. The number of aryl methyl sites for hydroxylation is 3. The Morgan fingerprint density at radius 1 is 1.15 bits per heavy atom. The van der Waals surface area contributed by atoms with Crippen molar-refractivity contribution in [1.82, 2.24) is 20.1 Å². The zero-order valence-corrected chi connectivity index (χ0v) is 16.6. The van der Waals surface area contributed by atoms with Gasteiger partial charge in [-0.25, -0.2) is 0 Å². The predicted molar refractivity (Wildman–Crippen MR) is 108 cm³/mol. The highest BCUT2D eigenvalue weighted by atomic mass is 16.1. The molecule has 0 bridgehead atoms. The third-order valence-electron chi connectivity index (χ3n) is 5.48. The van der Waals surface area contributed by atoms with Gasteiger partial charge in [-0.15, -0.1) is 0 Å². The highest BCUT2D eigenvalue weighted by molar-refractivity contribution is 5.92. The zero-order chi connectivity index (χ0) is 18.7. The van der Waals surface area contributed by atoms with Crippen LogP contribution in [0.25, 0.3) is 10.9 Å². The first-order valence-corrected chi connectivity index (χ1v) is 9.70. The van der Waals surface area contributed by atoms with Crippen LogP contribution in [-0.4, -0.2) is 67.0 Å². The number of hydrogen-bond donors (Lipinski definition) is 2. The molecule has 1 aromatic carbocycles. The van der Waals surface area contributed by atoms with Crippen molar-refractivity contribution < 1.29 is 4.79 Å². The van der Waals surface area contributed by atoms with Gasteiger partial charge in [0.05, 0.1) is 6.42 Å². The lowest BCUT2D eigenvalue weighted by Gasteiger charge is -2.32. The fourth-order valence-electron chi connectivity index (χ4n) is 3.89. The van der Waals surface area contributed by atoms with Crippen LogP contribution in [0.5, 0.6) is 0 Å². The van der Waals surface area contributed by atoms with Gasteiger partial charge < -0.3 is 20.1 Å². The predicted octanol–water partition coefficient (Wildman–Crippen LogP) is 2.39. The van der Waals surface area contributed by atoms with Crippen LogP contribution in [0, 0.1) is 20.8 Å². The third-order valence-corrected chi connectivity index (χ3v) is 5.48. The highest BCUT2D eigenvalue weighted by Crippen LogP contribution is 2.26. The van der Waals surface area contributed by atoms with Crippen LogP contribution in [0.3, 0.4) is 0 Å². The molecule has 1 aliphatic rings. The maximum Gasteiger partial charge on any atom is 0.224 e. The Kier molecular flexibility index (Phi) is 5.99. The number of aromatic nitrogens is 1. The second kappa shape index (κ2) is 8.23. The van der Waals surface area contributed by atoms with Gasteiger partial charge in [-0.05, 0) is 58.0 Å². The smallest absolute Gasteiger partial charge is 0.224 e. The number of benzene rings is 1. The number of carbonyl (C=O) groups is 1. The van der Waals surface area contributed by atoms with Gasteiger partial charge in [-0.1, -0.05) is 11.6 Å². The molecule has 0 atom stereocenters. The van der Waals surface area contributed by atoms with Crippen molar-refractivity contribution in [3.05, 3.63) is 34.5 Å². The van der Waals surface area contributed by atoms with Gasteiger partial charge in [0.2, 0.25) is 5.91 Å². The van der Waals surface area contributed by atoms with E-state index in [4.69, 9.17) is 0 Å². The summed E-state index contributed by atoms with van der Waals surface area (Å²) in [5.41, 5.74) is 5.86. The number of likely N-dealkylation sites (N-methyl/N-ethyl adjacent to an activating group) is 1. The molecule has 0 spiro atoms. The van der Waals surface area contributed by atoms with E-state index >= 15 is 0 Å². The second-order valence-electron chi connectivity index (χ2n) is 7.76. The van der Waals surface area contributed by atoms with Crippen molar-refractivity contribution in [1.29, 1.82) is 0 Å². The molecule has 1 amide bonds. The van der Waals surface area contributed by atoms with Crippen molar-refractivity contribution in [2.45, 2.75) is 33.6 Å². The molecule has 3 rings (SSSR count). The third kappa shape index (κ3) is 4.46. The molecular formula is C21H32N4O. The molecule has 0 unspecified atom stereocenters. The molecule has 1 aliphatic heterocycles. The van der Waals surface area contributed by atoms with Crippen LogP contribution in [0.1, 0.15) is 28.8 Å². The molecule has 5 nitrogen and oxygen atoms in total. The minimum Gasteiger partial charge on any atom is -0.358 e. The number of aromatic amines is 1. The molecule has 0 radical (unpaired) electrons. The average molecular weight is 357 g/mol. The molecule has 26 heavy (non-hydrogen) atoms. The number of fused-ring (bicyclic) bond motifs is 1. The van der Waals surface area contributed by atoms with Crippen molar-refractivity contribution in [2.75, 3.05) is 46.3 Å². The van der Waals surface area contributed by atoms with Gasteiger partial charge in [0.25, 0.3) is 0 Å². The van der Waals surface area contributed by atoms with Crippen LogP contribution < -0.4 is 5.32 Å². The molecule has 1 saturated heterocycles. The molecule has 1 aromatic heterocycles. The number of piperazine rings is 1. The van der Waals surface area contributed by atoms with Crippen LogP contribution in [0.15, 0.2) is 12.1 Å². The van der Waals surface area contributed by atoms with Crippen LogP contribution in [-0.2, 0) is 11.2 Å². The van der Waals surface area contributed by atoms with E-state index < -0.39 is 0 Å². The molecular weight excluding hydrogens is 324 g/mol. The maximum absolute atomic E-state index is 12.4. The molecule has 1 fully saturated rings. The quantitative estimate of drug-likeness (QED) is 0.782. The van der Waals surface area contributed by atoms with Gasteiger partial charge >= 0.3 is 0 Å². The van der Waals surface area contributed by atoms with Crippen LogP contribution in [0.2, 0.25) is 0 Å². The number of nitrogens with zero attached hydrogens (tertiary/aromatic N) is 2. The van der Waals surface area contributed by atoms with E-state index in [1.54, 1.807) is 0 Å². The van der Waals surface area contributed by atoms with E-state index in [0.29, 0.717) is 6.42 Å². The summed E-state index contributed by atoms with van der Waals surface area (Å²) in [6, 6.07) is 4.36. The number of nitrogens with one attached hydrogen (secondary N) is 2. The fraction of sp³-hybridized carbons (Fsp3) is 0.571. The number of H-pyrrole nitrogens is 1. The first-order valence-electron chi connectivity index (χ1n) is 9.70. The van der Waals surface area contributed by atoms with Gasteiger partial charge in [-0.3, -0.25) is 4.79 Å². The maximum atomic E-state index is 12.4. The molecule has 142 valence electrons. The Balaban J connectivity index is 1.51. The lowest BCUT2D eigenvalue weighted by Crippen LogP contribution is -2.45. The summed E-state index contributed by atoms with van der Waals surface area (Å²) < 4.78 is 0. The number of carbonyl (C=O) groups excluding carboxylic acids is 1. The highest BCUT2D eigenvalue weighted by Gasteiger charge is 2.15. The van der Waals surface area contributed by atoms with Crippen molar-refractivity contribution in [2.24, 2.45) is 0 Å². The lowest BCUT2D eigenvalue weighted by molar-refractivity contribution is -0.120. The number of amides is 1. The van der Waals surface area contributed by atoms with Crippen LogP contribution in [0.4, 0.5) is 0 Å². The molecule has 2 N–H and O–H groups in total. The summed E-state index contributed by atoms with van der Waals surface area (Å²) in [5.74, 6) is 0.117. The van der Waals surface area contributed by atoms with Crippen LogP contribution >= 0.6 is 0 Å². The molecule has 0 aliphatic carbocycles. The summed E-state index contributed by atoms with van der Waals surface area (Å²) in [4.78, 5) is 20.7. The van der Waals surface area contributed by atoms with Crippen molar-refractivity contribution >= 4 is 16.8 Å². The average Bonchev–Trinajstić information content (AvgIpc) is 2.90. The van der Waals surface area contributed by atoms with E-state index in [9.17, 15) is 4.79 Å². The second-order valence-corrected chi connectivity index (χ2v) is 7.76. The monoisotopic (exact) mass is 356 g/mol. The van der Waals surface area contributed by atoms with Gasteiger partial charge in [0.1, 0.15) is 0 Å². The topological polar surface area (TPSA) is 51.4 Å². The summed E-state index contributed by atoms with van der Waals surface area (Å²) in [7, 11) is 2.17. The van der Waals surface area contributed by atoms with Crippen molar-refractivity contribution in [3.8, 4) is 0 Å². The van der Waals surface area contributed by atoms with E-state index in [1.807, 2.05) is 0 Å². The van der Waals surface area contributed by atoms with Crippen molar-refractivity contribution in [3.63, 3.8) is 0 Å². The summed E-state index contributed by atoms with van der Waals surface area (Å²) in [5, 5.41) is 4.29. The lowest BCUT2D eigenvalue weighted by atomic mass is 10.0. The minimum absolute atomic E-state index is 0.117. The first kappa shape index (κ1) is 18.9. The largest absolute Gasteiger partial charge is 0.358 e. The number of rotatable bonds is 6. The Labute approximate surface area is 156 Å². The Hall–Kier alpha value is -1.85. The van der Waals surface area contributed by atoms with E-state index in [2.05, 4.69) is 60.1 Å². The van der Waals surface area contributed by atoms with Gasteiger partial charge in [0.15, 0.2) is 0 Å². The molecule has 2 aromatic rings. The minimum atomic E-state index is 0.117. The zero-order valence-electron chi connectivity index (χ0n) is 16.6. The van der Waals surface area contributed by atoms with E-state index in [1.165, 1.54) is 16.5 Å². The van der Waals surface area contributed by atoms with Gasteiger partial charge in [0, 0.05) is 49.3 Å². The normalized spacial score (nSPS) is 16.3. The Morgan fingerprint density at radius 2 is 1.88 bits per heavy atom. The summed E-state index contributed by atoms with van der Waals surface area (Å²) in [6.07, 6.45) is 1.46. The number of hydrogen-bond acceptors (Lipinski definition) is 3. The Bertz CT molecular complexity index is 772. The van der Waals surface area contributed by atoms with E-state index in [0.717, 1.165) is 62.5 Å².